The number of ether oxygens (including phenoxy) is 1. The van der Waals surface area contributed by atoms with Crippen LogP contribution < -0.4 is 10.2 Å². The van der Waals surface area contributed by atoms with E-state index in [0.29, 0.717) is 0 Å². The largest absolute Gasteiger partial charge is 0.483 e. The summed E-state index contributed by atoms with van der Waals surface area (Å²) in [5.41, 5.74) is 5.82. The van der Waals surface area contributed by atoms with Gasteiger partial charge in [0.25, 0.3) is 5.91 Å². The van der Waals surface area contributed by atoms with E-state index in [-0.39, 0.29) is 12.5 Å². The van der Waals surface area contributed by atoms with Gasteiger partial charge in [0.05, 0.1) is 0 Å². The molecule has 0 spiro atoms. The van der Waals surface area contributed by atoms with Crippen LogP contribution in [0.25, 0.3) is 0 Å². The van der Waals surface area contributed by atoms with Crippen LogP contribution in [-0.2, 0) is 4.79 Å². The first-order valence-corrected chi connectivity index (χ1v) is 7.19. The number of amides is 1. The third-order valence-electron chi connectivity index (χ3n) is 3.47. The minimum atomic E-state index is -0.205. The highest BCUT2D eigenvalue weighted by Crippen LogP contribution is 2.18. The van der Waals surface area contributed by atoms with Crippen molar-refractivity contribution >= 4 is 11.6 Å². The molecular formula is C16H22N2O2. The van der Waals surface area contributed by atoms with Crippen LogP contribution in [-0.4, -0.2) is 18.2 Å². The normalized spacial score (nSPS) is 14.8. The van der Waals surface area contributed by atoms with Crippen molar-refractivity contribution in [2.45, 2.75) is 46.0 Å². The summed E-state index contributed by atoms with van der Waals surface area (Å²) in [5.74, 6) is 0.550. The molecule has 0 atom stereocenters. The molecule has 1 aliphatic carbocycles. The van der Waals surface area contributed by atoms with Gasteiger partial charge in [-0.05, 0) is 56.7 Å². The lowest BCUT2D eigenvalue weighted by molar-refractivity contribution is -0.123. The Morgan fingerprint density at radius 3 is 2.75 bits per heavy atom. The molecule has 0 radical (unpaired) electrons. The topological polar surface area (TPSA) is 50.7 Å². The molecule has 4 heteroatoms. The zero-order valence-electron chi connectivity index (χ0n) is 12.2. The van der Waals surface area contributed by atoms with Crippen molar-refractivity contribution < 1.29 is 9.53 Å². The van der Waals surface area contributed by atoms with Gasteiger partial charge in [-0.2, -0.15) is 5.10 Å². The van der Waals surface area contributed by atoms with E-state index in [9.17, 15) is 4.79 Å². The van der Waals surface area contributed by atoms with E-state index in [2.05, 4.69) is 10.5 Å². The first-order valence-electron chi connectivity index (χ1n) is 7.19. The smallest absolute Gasteiger partial charge is 0.277 e. The number of carbonyl (C=O) groups excluding carboxylic acids is 1. The number of hydrogen-bond acceptors (Lipinski definition) is 3. The average Bonchev–Trinajstić information content (AvgIpc) is 2.47. The average molecular weight is 274 g/mol. The Bertz CT molecular complexity index is 501. The summed E-state index contributed by atoms with van der Waals surface area (Å²) in [5, 5.41) is 4.17. The highest BCUT2D eigenvalue weighted by molar-refractivity contribution is 5.87. The van der Waals surface area contributed by atoms with Crippen molar-refractivity contribution in [3.8, 4) is 5.75 Å². The predicted octanol–water partition coefficient (Wildman–Crippen LogP) is 3.12. The van der Waals surface area contributed by atoms with Crippen LogP contribution in [0.3, 0.4) is 0 Å². The van der Waals surface area contributed by atoms with E-state index in [1.807, 2.05) is 32.0 Å². The second-order valence-corrected chi connectivity index (χ2v) is 5.33. The molecule has 0 heterocycles. The Morgan fingerprint density at radius 1 is 1.25 bits per heavy atom. The van der Waals surface area contributed by atoms with Gasteiger partial charge in [0.2, 0.25) is 0 Å². The minimum absolute atomic E-state index is 0.00106. The Labute approximate surface area is 120 Å². The third-order valence-corrected chi connectivity index (χ3v) is 3.47. The van der Waals surface area contributed by atoms with Crippen molar-refractivity contribution in [1.29, 1.82) is 0 Å². The molecule has 1 aromatic rings. The van der Waals surface area contributed by atoms with Crippen molar-refractivity contribution in [1.82, 2.24) is 5.43 Å². The van der Waals surface area contributed by atoms with Crippen molar-refractivity contribution in [2.75, 3.05) is 6.61 Å². The van der Waals surface area contributed by atoms with Crippen LogP contribution in [0, 0.1) is 13.8 Å². The van der Waals surface area contributed by atoms with E-state index < -0.39 is 0 Å². The maximum absolute atomic E-state index is 11.7. The van der Waals surface area contributed by atoms with Crippen LogP contribution in [0.15, 0.2) is 23.3 Å². The SMILES string of the molecule is Cc1ccc(C)c(OCC(=O)NN=C2CCCCC2)c1. The van der Waals surface area contributed by atoms with Crippen LogP contribution in [0.4, 0.5) is 0 Å². The Balaban J connectivity index is 1.81. The first-order chi connectivity index (χ1) is 9.65. The Hall–Kier alpha value is -1.84. The fraction of sp³-hybridized carbons (Fsp3) is 0.500. The lowest BCUT2D eigenvalue weighted by Crippen LogP contribution is -2.26. The third kappa shape index (κ3) is 4.37. The summed E-state index contributed by atoms with van der Waals surface area (Å²) in [6.07, 6.45) is 5.61. The molecule has 1 N–H and O–H groups in total. The van der Waals surface area contributed by atoms with Crippen molar-refractivity contribution in [3.63, 3.8) is 0 Å². The summed E-state index contributed by atoms with van der Waals surface area (Å²) in [7, 11) is 0. The number of hydrazone groups is 1. The molecule has 0 aliphatic heterocycles. The molecule has 1 aliphatic rings. The quantitative estimate of drug-likeness (QED) is 0.858. The maximum Gasteiger partial charge on any atom is 0.277 e. The highest BCUT2D eigenvalue weighted by Gasteiger charge is 2.08. The number of rotatable bonds is 4. The summed E-state index contributed by atoms with van der Waals surface area (Å²) in [4.78, 5) is 11.7. The molecule has 108 valence electrons. The zero-order chi connectivity index (χ0) is 14.4. The van der Waals surface area contributed by atoms with E-state index in [1.54, 1.807) is 0 Å². The van der Waals surface area contributed by atoms with Crippen molar-refractivity contribution in [3.05, 3.63) is 29.3 Å². The van der Waals surface area contributed by atoms with Gasteiger partial charge in [0, 0.05) is 5.71 Å². The molecule has 0 saturated heterocycles. The minimum Gasteiger partial charge on any atom is -0.483 e. The van der Waals surface area contributed by atoms with E-state index >= 15 is 0 Å². The van der Waals surface area contributed by atoms with Gasteiger partial charge in [0.1, 0.15) is 5.75 Å². The standard InChI is InChI=1S/C16H22N2O2/c1-12-8-9-13(2)15(10-12)20-11-16(19)18-17-14-6-4-3-5-7-14/h8-10H,3-7,11H2,1-2H3,(H,18,19). The Kier molecular flexibility index (Phi) is 5.16. The van der Waals surface area contributed by atoms with Gasteiger partial charge >= 0.3 is 0 Å². The number of nitrogens with one attached hydrogen (secondary N) is 1. The molecule has 0 unspecified atom stereocenters. The summed E-state index contributed by atoms with van der Waals surface area (Å²) in [6, 6.07) is 5.96. The lowest BCUT2D eigenvalue weighted by atomic mass is 9.99. The zero-order valence-corrected chi connectivity index (χ0v) is 12.2. The molecule has 20 heavy (non-hydrogen) atoms. The van der Waals surface area contributed by atoms with E-state index in [1.165, 1.54) is 19.3 Å². The van der Waals surface area contributed by atoms with E-state index in [0.717, 1.165) is 35.4 Å². The molecule has 0 aromatic heterocycles. The fourth-order valence-electron chi connectivity index (χ4n) is 2.25. The number of aryl methyl sites for hydroxylation is 2. The number of hydrogen-bond donors (Lipinski definition) is 1. The Morgan fingerprint density at radius 2 is 2.00 bits per heavy atom. The summed E-state index contributed by atoms with van der Waals surface area (Å²) >= 11 is 0. The van der Waals surface area contributed by atoms with Crippen LogP contribution >= 0.6 is 0 Å². The van der Waals surface area contributed by atoms with Gasteiger partial charge in [-0.3, -0.25) is 4.79 Å². The molecular weight excluding hydrogens is 252 g/mol. The molecule has 1 amide bonds. The highest BCUT2D eigenvalue weighted by atomic mass is 16.5. The second-order valence-electron chi connectivity index (χ2n) is 5.33. The number of carbonyl (C=O) groups is 1. The fourth-order valence-corrected chi connectivity index (χ4v) is 2.25. The van der Waals surface area contributed by atoms with Crippen LogP contribution in [0.2, 0.25) is 0 Å². The summed E-state index contributed by atoms with van der Waals surface area (Å²) in [6.45, 7) is 3.97. The van der Waals surface area contributed by atoms with Gasteiger partial charge in [-0.1, -0.05) is 18.6 Å². The molecule has 1 aromatic carbocycles. The molecule has 0 bridgehead atoms. The van der Waals surface area contributed by atoms with Crippen LogP contribution in [0.5, 0.6) is 5.75 Å². The monoisotopic (exact) mass is 274 g/mol. The molecule has 4 nitrogen and oxygen atoms in total. The maximum atomic E-state index is 11.7. The van der Waals surface area contributed by atoms with Crippen LogP contribution in [0.1, 0.15) is 43.2 Å². The van der Waals surface area contributed by atoms with Gasteiger partial charge in [0.15, 0.2) is 6.61 Å². The van der Waals surface area contributed by atoms with Gasteiger partial charge in [-0.25, -0.2) is 5.43 Å². The summed E-state index contributed by atoms with van der Waals surface area (Å²) < 4.78 is 5.54. The second kappa shape index (κ2) is 7.08. The first kappa shape index (κ1) is 14.6. The van der Waals surface area contributed by atoms with Gasteiger partial charge < -0.3 is 4.74 Å². The van der Waals surface area contributed by atoms with E-state index in [4.69, 9.17) is 4.74 Å². The molecule has 2 rings (SSSR count). The number of benzene rings is 1. The molecule has 1 saturated carbocycles. The van der Waals surface area contributed by atoms with Gasteiger partial charge in [-0.15, -0.1) is 0 Å². The molecule has 1 fully saturated rings. The lowest BCUT2D eigenvalue weighted by Gasteiger charge is -2.12. The predicted molar refractivity (Wildman–Crippen MR) is 80.1 cm³/mol. The van der Waals surface area contributed by atoms with Crippen molar-refractivity contribution in [2.24, 2.45) is 5.10 Å². The number of nitrogens with zero attached hydrogens (tertiary/aromatic N) is 1.